The number of rotatable bonds is 0. The fourth-order valence-corrected chi connectivity index (χ4v) is 0.485. The fourth-order valence-electron chi connectivity index (χ4n) is 0.485. The summed E-state index contributed by atoms with van der Waals surface area (Å²) in [5, 5.41) is 0. The van der Waals surface area contributed by atoms with Crippen molar-refractivity contribution in [1.29, 1.82) is 0 Å². The van der Waals surface area contributed by atoms with E-state index in [0.29, 0.717) is 0 Å². The number of hydrogen-bond acceptors (Lipinski definition) is 0. The molecule has 4 N–H and O–H groups in total. The van der Waals surface area contributed by atoms with E-state index in [-0.39, 0.29) is 129 Å². The third-order valence-electron chi connectivity index (χ3n) is 0.865. The first-order valence-electron chi connectivity index (χ1n) is 2.30. The van der Waals surface area contributed by atoms with Crippen molar-refractivity contribution in [3.63, 3.8) is 0 Å². The van der Waals surface area contributed by atoms with E-state index in [0.717, 1.165) is 0 Å². The minimum absolute atomic E-state index is 0. The second kappa shape index (κ2) is 24.3. The van der Waals surface area contributed by atoms with Gasteiger partial charge in [0.15, 0.2) is 12.4 Å². The molecule has 0 spiro atoms. The summed E-state index contributed by atoms with van der Waals surface area (Å²) in [6.45, 7) is 0. The first-order valence-corrected chi connectivity index (χ1v) is 2.30. The monoisotopic (exact) mass is 828 g/mol. The zero-order valence-corrected chi connectivity index (χ0v) is 19.9. The van der Waals surface area contributed by atoms with Gasteiger partial charge in [0, 0.05) is 12.1 Å². The number of halogens is 4. The fraction of sp³-hybridized carbons (Fsp3) is 0.167. The van der Waals surface area contributed by atoms with Crippen LogP contribution in [0.2, 0.25) is 0 Å². The minimum Gasteiger partial charge on any atom is -1.00 e. The van der Waals surface area contributed by atoms with Crippen LogP contribution < -0.4 is 107 Å². The first-order chi connectivity index (χ1) is 3.39. The number of hydrogen-bond donors (Lipinski definition) is 1. The number of quaternary nitrogens is 1. The Hall–Kier alpha value is 2.95. The van der Waals surface area contributed by atoms with Crippen molar-refractivity contribution in [2.75, 3.05) is 0 Å². The van der Waals surface area contributed by atoms with Gasteiger partial charge >= 0.3 is 27.3 Å². The molecule has 1 aromatic heterocycles. The van der Waals surface area contributed by atoms with Crippen LogP contribution in [0.1, 0.15) is 0 Å². The van der Waals surface area contributed by atoms with Gasteiger partial charge in [0.2, 0.25) is 0 Å². The van der Waals surface area contributed by atoms with Crippen molar-refractivity contribution in [3.05, 3.63) is 30.6 Å². The van der Waals surface area contributed by atoms with Crippen LogP contribution in [-0.2, 0) is 7.05 Å². The van der Waals surface area contributed by atoms with Gasteiger partial charge < -0.3 is 102 Å². The zero-order valence-electron chi connectivity index (χ0n) is 7.35. The normalized spacial score (nSPS) is 4.69. The Morgan fingerprint density at radius 1 is 0.769 bits per heavy atom. The van der Waals surface area contributed by atoms with Gasteiger partial charge in [0.25, 0.3) is 0 Å². The predicted molar refractivity (Wildman–Crippen MR) is 39.4 cm³/mol. The Morgan fingerprint density at radius 3 is 1.23 bits per heavy atom. The SMILES string of the molecule is C[n+]1ccccc1.[I-].[I-].[I-].[I-].[NH4+].[Pb+2]. The Labute approximate surface area is 168 Å². The van der Waals surface area contributed by atoms with E-state index in [1.54, 1.807) is 0 Å². The molecule has 1 aromatic rings. The minimum atomic E-state index is 0. The van der Waals surface area contributed by atoms with Crippen molar-refractivity contribution < 1.29 is 100 Å². The van der Waals surface area contributed by atoms with E-state index in [2.05, 4.69) is 0 Å². The molecule has 0 saturated heterocycles. The van der Waals surface area contributed by atoms with Gasteiger partial charge in [-0.15, -0.1) is 0 Å². The summed E-state index contributed by atoms with van der Waals surface area (Å²) in [5.41, 5.74) is 0. The molecule has 0 bridgehead atoms. The van der Waals surface area contributed by atoms with Crippen LogP contribution in [0.25, 0.3) is 0 Å². The molecule has 0 amide bonds. The first kappa shape index (κ1) is 36.0. The molecule has 1 heterocycles. The van der Waals surface area contributed by atoms with Crippen LogP contribution in [0.15, 0.2) is 30.6 Å². The molecule has 0 unspecified atom stereocenters. The Kier molecular flexibility index (Phi) is 67.2. The second-order valence-electron chi connectivity index (χ2n) is 1.54. The second-order valence-corrected chi connectivity index (χ2v) is 1.54. The standard InChI is InChI=1S/C6H8N.4HI.H3N.Pb/c1-7-5-3-2-4-6-7;;;;;;/h2-6H,1H3;4*1H;1H3;/q+1;;;;;;+2/p-3. The Balaban J connectivity index is -0.0000000204. The molecule has 0 aliphatic heterocycles. The van der Waals surface area contributed by atoms with Crippen molar-refractivity contribution in [2.24, 2.45) is 7.05 Å². The topological polar surface area (TPSA) is 40.4 Å². The molecular weight excluding hydrogens is 815 g/mol. The van der Waals surface area contributed by atoms with Crippen molar-refractivity contribution in [1.82, 2.24) is 6.15 Å². The number of aryl methyl sites for hydroxylation is 1. The van der Waals surface area contributed by atoms with Crippen LogP contribution in [0.4, 0.5) is 0 Å². The summed E-state index contributed by atoms with van der Waals surface area (Å²) in [7, 11) is 2.00. The van der Waals surface area contributed by atoms with Crippen LogP contribution in [0, 0.1) is 0 Å². The number of nitrogens with zero attached hydrogens (tertiary/aromatic N) is 1. The molecule has 2 radical (unpaired) electrons. The average Bonchev–Trinajstić information content (AvgIpc) is 1.69. The smallest absolute Gasteiger partial charge is 1.00 e. The largest absolute Gasteiger partial charge is 2.00 e. The molecule has 0 aliphatic rings. The molecule has 0 saturated carbocycles. The van der Waals surface area contributed by atoms with Crippen LogP contribution >= 0.6 is 0 Å². The van der Waals surface area contributed by atoms with E-state index < -0.39 is 0 Å². The van der Waals surface area contributed by atoms with Crippen LogP contribution in [-0.4, -0.2) is 27.3 Å². The average molecular weight is 827 g/mol. The molecule has 2 nitrogen and oxygen atoms in total. The van der Waals surface area contributed by atoms with E-state index in [1.807, 2.05) is 42.2 Å². The van der Waals surface area contributed by atoms with Gasteiger partial charge in [0.1, 0.15) is 7.05 Å². The molecule has 0 atom stereocenters. The summed E-state index contributed by atoms with van der Waals surface area (Å²) in [6, 6.07) is 6.00. The molecule has 0 aromatic carbocycles. The summed E-state index contributed by atoms with van der Waals surface area (Å²) in [4.78, 5) is 0. The summed E-state index contributed by atoms with van der Waals surface area (Å²) in [5.74, 6) is 0. The summed E-state index contributed by atoms with van der Waals surface area (Å²) < 4.78 is 2.00. The van der Waals surface area contributed by atoms with E-state index in [9.17, 15) is 0 Å². The van der Waals surface area contributed by atoms with Gasteiger partial charge in [-0.1, -0.05) is 6.07 Å². The van der Waals surface area contributed by atoms with Gasteiger partial charge in [-0.25, -0.2) is 4.57 Å². The molecular formula is C6H12I4N2Pb. The van der Waals surface area contributed by atoms with E-state index >= 15 is 0 Å². The van der Waals surface area contributed by atoms with Crippen molar-refractivity contribution in [3.8, 4) is 0 Å². The maximum absolute atomic E-state index is 2.00. The molecule has 0 aliphatic carbocycles. The van der Waals surface area contributed by atoms with Gasteiger partial charge in [-0.2, -0.15) is 0 Å². The molecule has 13 heavy (non-hydrogen) atoms. The zero-order chi connectivity index (χ0) is 5.11. The van der Waals surface area contributed by atoms with Crippen LogP contribution in [0.3, 0.4) is 0 Å². The maximum atomic E-state index is 2.00. The quantitative estimate of drug-likeness (QED) is 0.154. The van der Waals surface area contributed by atoms with E-state index in [1.165, 1.54) is 0 Å². The van der Waals surface area contributed by atoms with Gasteiger partial charge in [-0.3, -0.25) is 0 Å². The molecule has 7 heteroatoms. The maximum Gasteiger partial charge on any atom is 2.00 e. The van der Waals surface area contributed by atoms with Crippen molar-refractivity contribution in [2.45, 2.75) is 0 Å². The third-order valence-corrected chi connectivity index (χ3v) is 0.865. The van der Waals surface area contributed by atoms with E-state index in [4.69, 9.17) is 0 Å². The molecule has 0 fully saturated rings. The summed E-state index contributed by atoms with van der Waals surface area (Å²) in [6.07, 6.45) is 4.00. The predicted octanol–water partition coefficient (Wildman–Crippen LogP) is -11.5. The Bertz CT molecular complexity index is 153. The summed E-state index contributed by atoms with van der Waals surface area (Å²) >= 11 is 0. The van der Waals surface area contributed by atoms with Gasteiger partial charge in [-0.05, 0) is 0 Å². The van der Waals surface area contributed by atoms with Gasteiger partial charge in [0.05, 0.1) is 0 Å². The van der Waals surface area contributed by atoms with Crippen molar-refractivity contribution >= 4 is 27.3 Å². The Morgan fingerprint density at radius 2 is 1.08 bits per heavy atom. The number of aromatic nitrogens is 1. The number of pyridine rings is 1. The molecule has 1 rings (SSSR count). The molecule has 78 valence electrons. The third kappa shape index (κ3) is 20.9. The van der Waals surface area contributed by atoms with Crippen LogP contribution in [0.5, 0.6) is 0 Å².